The van der Waals surface area contributed by atoms with E-state index in [0.717, 1.165) is 12.2 Å². The lowest BCUT2D eigenvalue weighted by atomic mass is 10.1. The molecular weight excluding hydrogens is 339 g/mol. The Morgan fingerprint density at radius 2 is 2.23 bits per heavy atom. The minimum atomic E-state index is -0.905. The molecule has 0 aromatic carbocycles. The Balaban J connectivity index is 1.63. The molecule has 2 N–H and O–H groups in total. The zero-order valence-corrected chi connectivity index (χ0v) is 15.3. The summed E-state index contributed by atoms with van der Waals surface area (Å²) in [5, 5.41) is 0. The molecule has 0 spiro atoms. The van der Waals surface area contributed by atoms with Crippen molar-refractivity contribution in [2.75, 3.05) is 26.7 Å². The number of amides is 3. The van der Waals surface area contributed by atoms with Crippen LogP contribution in [0.2, 0.25) is 0 Å². The van der Waals surface area contributed by atoms with Gasteiger partial charge in [-0.05, 0) is 19.3 Å². The number of aryl methyl sites for hydroxylation is 1. The molecule has 3 rings (SSSR count). The number of primary amides is 1. The smallest absolute Gasteiger partial charge is 0.315 e. The molecule has 2 aliphatic rings. The lowest BCUT2D eigenvalue weighted by molar-refractivity contribution is -0.134. The number of aromatic nitrogens is 2. The number of alkyl halides is 1. The molecule has 3 heterocycles. The van der Waals surface area contributed by atoms with Gasteiger partial charge in [0.1, 0.15) is 18.0 Å². The molecule has 2 saturated heterocycles. The number of hydrogen-bond donors (Lipinski definition) is 1. The number of halogens is 1. The molecule has 8 nitrogen and oxygen atoms in total. The molecule has 9 heteroatoms. The van der Waals surface area contributed by atoms with E-state index in [2.05, 4.69) is 4.98 Å². The van der Waals surface area contributed by atoms with Gasteiger partial charge in [0.05, 0.1) is 6.54 Å². The van der Waals surface area contributed by atoms with Crippen molar-refractivity contribution >= 4 is 11.9 Å². The van der Waals surface area contributed by atoms with Crippen LogP contribution < -0.4 is 5.73 Å². The van der Waals surface area contributed by atoms with Crippen molar-refractivity contribution in [1.82, 2.24) is 24.3 Å². The Labute approximate surface area is 152 Å². The Hall–Kier alpha value is -2.16. The van der Waals surface area contributed by atoms with Crippen molar-refractivity contribution in [3.63, 3.8) is 0 Å². The topological polar surface area (TPSA) is 87.7 Å². The fraction of sp³-hybridized carbons (Fsp3) is 0.706. The predicted octanol–water partition coefficient (Wildman–Crippen LogP) is 0.334. The molecule has 0 saturated carbocycles. The first-order valence-electron chi connectivity index (χ1n) is 9.02. The Morgan fingerprint density at radius 3 is 2.88 bits per heavy atom. The molecule has 0 bridgehead atoms. The van der Waals surface area contributed by atoms with Crippen LogP contribution in [0.4, 0.5) is 9.18 Å². The molecule has 1 aromatic heterocycles. The van der Waals surface area contributed by atoms with Gasteiger partial charge in [0, 0.05) is 52.2 Å². The summed E-state index contributed by atoms with van der Waals surface area (Å²) in [4.78, 5) is 33.6. The van der Waals surface area contributed by atoms with Crippen molar-refractivity contribution in [2.45, 2.75) is 44.1 Å². The van der Waals surface area contributed by atoms with Crippen LogP contribution in [0.15, 0.2) is 12.4 Å². The van der Waals surface area contributed by atoms with Crippen LogP contribution in [0, 0.1) is 0 Å². The van der Waals surface area contributed by atoms with Crippen molar-refractivity contribution in [2.24, 2.45) is 12.8 Å². The molecule has 2 aliphatic heterocycles. The van der Waals surface area contributed by atoms with Crippen LogP contribution in [0.3, 0.4) is 0 Å². The Kier molecular flexibility index (Phi) is 5.45. The van der Waals surface area contributed by atoms with E-state index in [1.54, 1.807) is 18.1 Å². The number of rotatable bonds is 5. The van der Waals surface area contributed by atoms with Crippen LogP contribution in [-0.4, -0.2) is 81.1 Å². The number of imidazole rings is 1. The van der Waals surface area contributed by atoms with Gasteiger partial charge in [0.2, 0.25) is 5.91 Å². The van der Waals surface area contributed by atoms with Crippen LogP contribution in [0.1, 0.15) is 25.1 Å². The summed E-state index contributed by atoms with van der Waals surface area (Å²) < 4.78 is 15.9. The minimum absolute atomic E-state index is 0.0703. The molecule has 0 radical (unpaired) electrons. The second-order valence-electron chi connectivity index (χ2n) is 7.28. The first-order chi connectivity index (χ1) is 12.4. The van der Waals surface area contributed by atoms with Crippen LogP contribution in [0.5, 0.6) is 0 Å². The molecule has 3 atom stereocenters. The summed E-state index contributed by atoms with van der Waals surface area (Å²) >= 11 is 0. The maximum atomic E-state index is 14.0. The number of likely N-dealkylation sites (N-methyl/N-ethyl adjacent to an activating group) is 1. The standard InChI is InChI=1S/C17H27FN6O2/c1-21-7-5-20-15(21)11-23-9-12(18)8-13(23)10-22(2)16(25)14-4-3-6-24(14)17(19)26/h5,7,12-14H,3-4,6,8-11H2,1-2H3,(H2,19,26)/t12-,13-,14-/m0/s1. The van der Waals surface area contributed by atoms with E-state index in [4.69, 9.17) is 5.73 Å². The summed E-state index contributed by atoms with van der Waals surface area (Å²) in [6.07, 6.45) is 4.47. The fourth-order valence-corrected chi connectivity index (χ4v) is 3.98. The van der Waals surface area contributed by atoms with Gasteiger partial charge in [-0.15, -0.1) is 0 Å². The molecule has 1 aromatic rings. The number of likely N-dealkylation sites (tertiary alicyclic amines) is 2. The number of nitrogens with zero attached hydrogens (tertiary/aromatic N) is 5. The first-order valence-corrected chi connectivity index (χ1v) is 9.02. The summed E-state index contributed by atoms with van der Waals surface area (Å²) in [6, 6.07) is -1.13. The largest absolute Gasteiger partial charge is 0.351 e. The van der Waals surface area contributed by atoms with Gasteiger partial charge in [0.25, 0.3) is 0 Å². The maximum absolute atomic E-state index is 14.0. The highest BCUT2D eigenvalue weighted by Crippen LogP contribution is 2.24. The van der Waals surface area contributed by atoms with Gasteiger partial charge in [-0.25, -0.2) is 14.2 Å². The van der Waals surface area contributed by atoms with E-state index in [-0.39, 0.29) is 11.9 Å². The Bertz CT molecular complexity index is 665. The van der Waals surface area contributed by atoms with Crippen LogP contribution in [0.25, 0.3) is 0 Å². The molecule has 0 aliphatic carbocycles. The molecule has 144 valence electrons. The average Bonchev–Trinajstić information content (AvgIpc) is 3.29. The van der Waals surface area contributed by atoms with Gasteiger partial charge in [-0.2, -0.15) is 0 Å². The lowest BCUT2D eigenvalue weighted by Crippen LogP contribution is -2.50. The second kappa shape index (κ2) is 7.61. The monoisotopic (exact) mass is 366 g/mol. The third-order valence-electron chi connectivity index (χ3n) is 5.42. The van der Waals surface area contributed by atoms with Crippen LogP contribution in [-0.2, 0) is 18.4 Å². The highest BCUT2D eigenvalue weighted by Gasteiger charge is 2.38. The number of hydrogen-bond acceptors (Lipinski definition) is 4. The van der Waals surface area contributed by atoms with E-state index >= 15 is 0 Å². The van der Waals surface area contributed by atoms with Gasteiger partial charge in [0.15, 0.2) is 0 Å². The van der Waals surface area contributed by atoms with Crippen molar-refractivity contribution in [3.8, 4) is 0 Å². The third-order valence-corrected chi connectivity index (χ3v) is 5.42. The average molecular weight is 366 g/mol. The summed E-state index contributed by atoms with van der Waals surface area (Å²) in [5.41, 5.74) is 5.37. The van der Waals surface area contributed by atoms with Crippen molar-refractivity contribution in [1.29, 1.82) is 0 Å². The number of carbonyl (C=O) groups excluding carboxylic acids is 2. The normalized spacial score (nSPS) is 26.4. The van der Waals surface area contributed by atoms with Gasteiger partial charge in [-0.3, -0.25) is 9.69 Å². The minimum Gasteiger partial charge on any atom is -0.351 e. The van der Waals surface area contributed by atoms with E-state index in [9.17, 15) is 14.0 Å². The molecule has 2 fully saturated rings. The summed E-state index contributed by atoms with van der Waals surface area (Å²) in [5.74, 6) is 0.745. The van der Waals surface area contributed by atoms with E-state index in [1.165, 1.54) is 4.90 Å². The molecular formula is C17H27FN6O2. The highest BCUT2D eigenvalue weighted by atomic mass is 19.1. The van der Waals surface area contributed by atoms with Gasteiger partial charge in [-0.1, -0.05) is 0 Å². The van der Waals surface area contributed by atoms with Gasteiger partial charge < -0.3 is 20.1 Å². The SMILES string of the molecule is CN(C[C@@H]1C[C@H](F)CN1Cc1nccn1C)C(=O)[C@@H]1CCCN1C(N)=O. The van der Waals surface area contributed by atoms with Crippen molar-refractivity contribution in [3.05, 3.63) is 18.2 Å². The predicted molar refractivity (Wildman–Crippen MR) is 93.9 cm³/mol. The summed E-state index contributed by atoms with van der Waals surface area (Å²) in [7, 11) is 3.62. The fourth-order valence-electron chi connectivity index (χ4n) is 3.98. The number of carbonyl (C=O) groups is 2. The third kappa shape index (κ3) is 3.82. The number of urea groups is 1. The summed E-state index contributed by atoms with van der Waals surface area (Å²) in [6.45, 7) is 1.83. The molecule has 3 amide bonds. The zero-order chi connectivity index (χ0) is 18.8. The highest BCUT2D eigenvalue weighted by molar-refractivity contribution is 5.87. The van der Waals surface area contributed by atoms with Crippen LogP contribution >= 0.6 is 0 Å². The second-order valence-corrected chi connectivity index (χ2v) is 7.28. The Morgan fingerprint density at radius 1 is 1.46 bits per heavy atom. The van der Waals surface area contributed by atoms with E-state index in [0.29, 0.717) is 39.0 Å². The van der Waals surface area contributed by atoms with E-state index < -0.39 is 18.2 Å². The number of nitrogens with two attached hydrogens (primary N) is 1. The zero-order valence-electron chi connectivity index (χ0n) is 15.3. The lowest BCUT2D eigenvalue weighted by Gasteiger charge is -2.31. The first kappa shape index (κ1) is 18.6. The van der Waals surface area contributed by atoms with Gasteiger partial charge >= 0.3 is 6.03 Å². The van der Waals surface area contributed by atoms with E-state index in [1.807, 2.05) is 22.7 Å². The molecule has 26 heavy (non-hydrogen) atoms. The maximum Gasteiger partial charge on any atom is 0.315 e. The van der Waals surface area contributed by atoms with Crippen molar-refractivity contribution < 1.29 is 14.0 Å². The molecule has 0 unspecified atom stereocenters. The quantitative estimate of drug-likeness (QED) is 0.814.